The van der Waals surface area contributed by atoms with Crippen molar-refractivity contribution in [3.05, 3.63) is 35.4 Å². The summed E-state index contributed by atoms with van der Waals surface area (Å²) in [6.07, 6.45) is 7.39. The quantitative estimate of drug-likeness (QED) is 0.899. The van der Waals surface area contributed by atoms with Gasteiger partial charge >= 0.3 is 0 Å². The van der Waals surface area contributed by atoms with E-state index in [0.717, 1.165) is 13.0 Å². The van der Waals surface area contributed by atoms with Gasteiger partial charge in [0, 0.05) is 6.54 Å². The molecule has 2 aliphatic rings. The van der Waals surface area contributed by atoms with E-state index < -0.39 is 0 Å². The summed E-state index contributed by atoms with van der Waals surface area (Å²) in [5, 5.41) is 0. The number of fused-ring (bicyclic) bond motifs is 1. The second-order valence-electron chi connectivity index (χ2n) is 6.08. The predicted octanol–water partition coefficient (Wildman–Crippen LogP) is 2.65. The number of carbonyl (C=O) groups is 1. The number of nitrogens with zero attached hydrogens (tertiary/aromatic N) is 1. The summed E-state index contributed by atoms with van der Waals surface area (Å²) in [5.74, 6) is 0.718. The molecule has 1 amide bonds. The first kappa shape index (κ1) is 13.6. The highest BCUT2D eigenvalue weighted by atomic mass is 16.2. The lowest BCUT2D eigenvalue weighted by molar-refractivity contribution is -0.134. The normalized spacial score (nSPS) is 23.4. The molecule has 1 aromatic carbocycles. The fraction of sp³-hybridized carbons (Fsp3) is 0.588. The van der Waals surface area contributed by atoms with E-state index >= 15 is 0 Å². The Balaban J connectivity index is 1.95. The number of hydrogen-bond acceptors (Lipinski definition) is 2. The van der Waals surface area contributed by atoms with Gasteiger partial charge in [-0.15, -0.1) is 0 Å². The molecule has 108 valence electrons. The van der Waals surface area contributed by atoms with Crippen LogP contribution >= 0.6 is 0 Å². The first-order valence-corrected chi connectivity index (χ1v) is 7.88. The Kier molecular flexibility index (Phi) is 4.06. The summed E-state index contributed by atoms with van der Waals surface area (Å²) >= 11 is 0. The summed E-state index contributed by atoms with van der Waals surface area (Å²) in [5.41, 5.74) is 8.41. The molecule has 0 spiro atoms. The summed E-state index contributed by atoms with van der Waals surface area (Å²) in [7, 11) is 0. The molecule has 0 aromatic heterocycles. The first-order valence-electron chi connectivity index (χ1n) is 7.88. The van der Waals surface area contributed by atoms with E-state index in [2.05, 4.69) is 29.2 Å². The average molecular weight is 272 g/mol. The minimum atomic E-state index is 0.107. The smallest absolute Gasteiger partial charge is 0.236 e. The van der Waals surface area contributed by atoms with Crippen LogP contribution in [0.2, 0.25) is 0 Å². The van der Waals surface area contributed by atoms with Gasteiger partial charge in [-0.3, -0.25) is 4.79 Å². The maximum Gasteiger partial charge on any atom is 0.236 e. The third-order valence-electron chi connectivity index (χ3n) is 4.92. The highest BCUT2D eigenvalue weighted by molar-refractivity contribution is 5.79. The maximum absolute atomic E-state index is 12.2. The van der Waals surface area contributed by atoms with Crippen LogP contribution in [0.4, 0.5) is 0 Å². The molecular weight excluding hydrogens is 248 g/mol. The molecule has 2 N–H and O–H groups in total. The molecular formula is C17H24N2O. The van der Waals surface area contributed by atoms with Crippen molar-refractivity contribution in [1.29, 1.82) is 0 Å². The van der Waals surface area contributed by atoms with Gasteiger partial charge in [-0.1, -0.05) is 43.5 Å². The number of amides is 1. The molecule has 1 aromatic rings. The van der Waals surface area contributed by atoms with Crippen molar-refractivity contribution < 1.29 is 4.79 Å². The van der Waals surface area contributed by atoms with Gasteiger partial charge < -0.3 is 10.6 Å². The van der Waals surface area contributed by atoms with Crippen LogP contribution in [-0.2, 0) is 11.2 Å². The maximum atomic E-state index is 12.2. The summed E-state index contributed by atoms with van der Waals surface area (Å²) in [6.45, 7) is 0.958. The predicted molar refractivity (Wildman–Crippen MR) is 80.2 cm³/mol. The SMILES string of the molecule is NCC(=O)N1CCc2ccccc2[C@@H]1C1CCCCC1. The van der Waals surface area contributed by atoms with Gasteiger partial charge in [0.05, 0.1) is 12.6 Å². The van der Waals surface area contributed by atoms with E-state index in [1.807, 2.05) is 0 Å². The molecule has 3 heteroatoms. The molecule has 1 saturated carbocycles. The molecule has 1 aliphatic heterocycles. The zero-order valence-corrected chi connectivity index (χ0v) is 12.1. The second-order valence-corrected chi connectivity index (χ2v) is 6.08. The van der Waals surface area contributed by atoms with Gasteiger partial charge in [0.1, 0.15) is 0 Å². The molecule has 1 atom stereocenters. The first-order chi connectivity index (χ1) is 9.81. The number of benzene rings is 1. The number of nitrogens with two attached hydrogens (primary N) is 1. The average Bonchev–Trinajstić information content (AvgIpc) is 2.53. The minimum Gasteiger partial charge on any atom is -0.334 e. The number of hydrogen-bond donors (Lipinski definition) is 1. The summed E-state index contributed by atoms with van der Waals surface area (Å²) in [4.78, 5) is 14.3. The van der Waals surface area contributed by atoms with E-state index in [0.29, 0.717) is 5.92 Å². The molecule has 0 bridgehead atoms. The van der Waals surface area contributed by atoms with Gasteiger partial charge in [0.15, 0.2) is 0 Å². The van der Waals surface area contributed by atoms with Crippen molar-refractivity contribution in [2.75, 3.05) is 13.1 Å². The molecule has 0 radical (unpaired) electrons. The van der Waals surface area contributed by atoms with Crippen molar-refractivity contribution in [2.24, 2.45) is 11.7 Å². The van der Waals surface area contributed by atoms with Crippen molar-refractivity contribution >= 4 is 5.91 Å². The van der Waals surface area contributed by atoms with Crippen molar-refractivity contribution in [3.63, 3.8) is 0 Å². The van der Waals surface area contributed by atoms with Crippen LogP contribution in [0.15, 0.2) is 24.3 Å². The van der Waals surface area contributed by atoms with Crippen molar-refractivity contribution in [3.8, 4) is 0 Å². The fourth-order valence-corrected chi connectivity index (χ4v) is 3.95. The van der Waals surface area contributed by atoms with Crippen molar-refractivity contribution in [1.82, 2.24) is 4.90 Å². The van der Waals surface area contributed by atoms with Gasteiger partial charge in [0.25, 0.3) is 0 Å². The van der Waals surface area contributed by atoms with Crippen LogP contribution in [0.1, 0.15) is 49.3 Å². The van der Waals surface area contributed by atoms with E-state index in [4.69, 9.17) is 5.73 Å². The van der Waals surface area contributed by atoms with Gasteiger partial charge in [-0.25, -0.2) is 0 Å². The Labute approximate surface area is 121 Å². The third kappa shape index (κ3) is 2.47. The van der Waals surface area contributed by atoms with Crippen LogP contribution in [0.3, 0.4) is 0 Å². The second kappa shape index (κ2) is 5.96. The van der Waals surface area contributed by atoms with Crippen LogP contribution in [0.5, 0.6) is 0 Å². The van der Waals surface area contributed by atoms with Gasteiger partial charge in [-0.2, -0.15) is 0 Å². The fourth-order valence-electron chi connectivity index (χ4n) is 3.95. The third-order valence-corrected chi connectivity index (χ3v) is 4.92. The lowest BCUT2D eigenvalue weighted by atomic mass is 9.77. The Bertz CT molecular complexity index is 480. The Morgan fingerprint density at radius 2 is 1.95 bits per heavy atom. The van der Waals surface area contributed by atoms with E-state index in [9.17, 15) is 4.79 Å². The number of rotatable bonds is 2. The number of carbonyl (C=O) groups excluding carboxylic acids is 1. The zero-order chi connectivity index (χ0) is 13.9. The molecule has 1 fully saturated rings. The van der Waals surface area contributed by atoms with E-state index in [-0.39, 0.29) is 18.5 Å². The van der Waals surface area contributed by atoms with E-state index in [1.54, 1.807) is 0 Å². The monoisotopic (exact) mass is 272 g/mol. The molecule has 0 unspecified atom stereocenters. The molecule has 3 nitrogen and oxygen atoms in total. The van der Waals surface area contributed by atoms with E-state index in [1.165, 1.54) is 43.2 Å². The topological polar surface area (TPSA) is 46.3 Å². The minimum absolute atomic E-state index is 0.107. The zero-order valence-electron chi connectivity index (χ0n) is 12.1. The lowest BCUT2D eigenvalue weighted by Gasteiger charge is -2.43. The highest BCUT2D eigenvalue weighted by Gasteiger charge is 2.35. The molecule has 1 aliphatic carbocycles. The summed E-state index contributed by atoms with van der Waals surface area (Å²) in [6, 6.07) is 8.90. The molecule has 0 saturated heterocycles. The lowest BCUT2D eigenvalue weighted by Crippen LogP contribution is -2.46. The Hall–Kier alpha value is -1.35. The van der Waals surface area contributed by atoms with Crippen molar-refractivity contribution in [2.45, 2.75) is 44.6 Å². The Morgan fingerprint density at radius 1 is 1.20 bits per heavy atom. The molecule has 20 heavy (non-hydrogen) atoms. The van der Waals surface area contributed by atoms with Crippen LogP contribution < -0.4 is 5.73 Å². The standard InChI is InChI=1S/C17H24N2O/c18-12-16(20)19-11-10-13-6-4-5-9-15(13)17(19)14-7-2-1-3-8-14/h4-6,9,14,17H,1-3,7-8,10-12,18H2/t17-/m0/s1. The largest absolute Gasteiger partial charge is 0.334 e. The van der Waals surface area contributed by atoms with Crippen LogP contribution in [0, 0.1) is 5.92 Å². The molecule has 3 rings (SSSR count). The summed E-state index contributed by atoms with van der Waals surface area (Å²) < 4.78 is 0. The van der Waals surface area contributed by atoms with Gasteiger partial charge in [0.2, 0.25) is 5.91 Å². The van der Waals surface area contributed by atoms with Gasteiger partial charge in [-0.05, 0) is 36.3 Å². The van der Waals surface area contributed by atoms with Crippen LogP contribution in [-0.4, -0.2) is 23.9 Å². The molecule has 1 heterocycles. The highest BCUT2D eigenvalue weighted by Crippen LogP contribution is 2.41. The van der Waals surface area contributed by atoms with Crippen LogP contribution in [0.25, 0.3) is 0 Å². The Morgan fingerprint density at radius 3 is 2.70 bits per heavy atom.